The molecule has 1 N–H and O–H groups in total. The van der Waals surface area contributed by atoms with Gasteiger partial charge in [0.05, 0.1) is 6.54 Å². The smallest absolute Gasteiger partial charge is 0.0573 e. The van der Waals surface area contributed by atoms with Gasteiger partial charge in [0.1, 0.15) is 0 Å². The summed E-state index contributed by atoms with van der Waals surface area (Å²) in [6.45, 7) is 8.60. The van der Waals surface area contributed by atoms with E-state index in [4.69, 9.17) is 11.6 Å². The number of benzene rings is 1. The number of halogens is 1. The highest BCUT2D eigenvalue weighted by molar-refractivity contribution is 6.30. The molecule has 0 radical (unpaired) electrons. The monoisotopic (exact) mass is 250 g/mol. The fourth-order valence-corrected chi connectivity index (χ4v) is 1.72. The summed E-state index contributed by atoms with van der Waals surface area (Å²) < 4.78 is 0. The molecule has 0 unspecified atom stereocenters. The lowest BCUT2D eigenvalue weighted by molar-refractivity contribution is 0.869. The Bertz CT molecular complexity index is 424. The molecule has 0 bridgehead atoms. The molecule has 0 atom stereocenters. The Balaban J connectivity index is 2.71. The van der Waals surface area contributed by atoms with Gasteiger partial charge in [0, 0.05) is 29.2 Å². The fraction of sp³-hybridized carbons (Fsp3) is 0.286. The van der Waals surface area contributed by atoms with Gasteiger partial charge in [-0.25, -0.2) is 0 Å². The van der Waals surface area contributed by atoms with Crippen LogP contribution in [0.2, 0.25) is 5.02 Å². The van der Waals surface area contributed by atoms with Crippen LogP contribution in [0.5, 0.6) is 0 Å². The number of rotatable bonds is 5. The van der Waals surface area contributed by atoms with Gasteiger partial charge in [0.15, 0.2) is 0 Å². The third kappa shape index (κ3) is 4.53. The average Bonchev–Trinajstić information content (AvgIpc) is 2.27. The third-order valence-electron chi connectivity index (χ3n) is 2.38. The molecule has 0 fully saturated rings. The van der Waals surface area contributed by atoms with Gasteiger partial charge in [-0.1, -0.05) is 30.3 Å². The summed E-state index contributed by atoms with van der Waals surface area (Å²) in [5.41, 5.74) is 3.16. The molecule has 0 saturated carbocycles. The van der Waals surface area contributed by atoms with Crippen molar-refractivity contribution < 1.29 is 0 Å². The number of hydrogen-bond acceptors (Lipinski definition) is 2. The quantitative estimate of drug-likeness (QED) is 0.855. The number of likely N-dealkylation sites (N-methyl/N-ethyl adjacent to an activating group) is 1. The van der Waals surface area contributed by atoms with Crippen molar-refractivity contribution >= 4 is 17.3 Å². The van der Waals surface area contributed by atoms with E-state index in [2.05, 4.69) is 22.9 Å². The van der Waals surface area contributed by atoms with Gasteiger partial charge < -0.3 is 10.2 Å². The zero-order valence-corrected chi connectivity index (χ0v) is 11.4. The lowest BCUT2D eigenvalue weighted by Crippen LogP contribution is -2.26. The van der Waals surface area contributed by atoms with Crippen LogP contribution in [0.3, 0.4) is 0 Å². The molecule has 1 aromatic carbocycles. The summed E-state index contributed by atoms with van der Waals surface area (Å²) in [5, 5.41) is 3.99. The van der Waals surface area contributed by atoms with Gasteiger partial charge >= 0.3 is 0 Å². The summed E-state index contributed by atoms with van der Waals surface area (Å²) in [7, 11) is 2.04. The first-order valence-corrected chi connectivity index (χ1v) is 5.95. The molecule has 0 spiro atoms. The van der Waals surface area contributed by atoms with Crippen molar-refractivity contribution in [2.45, 2.75) is 13.8 Å². The van der Waals surface area contributed by atoms with Crippen molar-refractivity contribution in [3.05, 3.63) is 53.3 Å². The molecule has 17 heavy (non-hydrogen) atoms. The predicted molar refractivity (Wildman–Crippen MR) is 76.4 cm³/mol. The van der Waals surface area contributed by atoms with E-state index in [1.54, 1.807) is 0 Å². The van der Waals surface area contributed by atoms with Gasteiger partial charge in [0.25, 0.3) is 0 Å². The Labute approximate surface area is 109 Å². The van der Waals surface area contributed by atoms with Crippen LogP contribution < -0.4 is 10.2 Å². The highest BCUT2D eigenvalue weighted by atomic mass is 35.5. The first-order valence-electron chi connectivity index (χ1n) is 5.57. The molecule has 0 heterocycles. The Hall–Kier alpha value is -1.41. The standard InChI is InChI=1S/C14H19ClN2/c1-5-13(16-11(2)3)10-17(4)14-8-6-7-12(15)9-14/h5-9,16H,2,10H2,1,3-4H3/b13-5-. The van der Waals surface area contributed by atoms with E-state index in [9.17, 15) is 0 Å². The van der Waals surface area contributed by atoms with E-state index in [0.29, 0.717) is 0 Å². The van der Waals surface area contributed by atoms with Gasteiger partial charge in [0.2, 0.25) is 0 Å². The van der Waals surface area contributed by atoms with E-state index in [0.717, 1.165) is 28.6 Å². The molecule has 1 rings (SSSR count). The molecule has 0 saturated heterocycles. The Kier molecular flexibility index (Phi) is 5.11. The lowest BCUT2D eigenvalue weighted by atomic mass is 10.2. The minimum absolute atomic E-state index is 0.754. The molecule has 0 amide bonds. The first-order chi connectivity index (χ1) is 8.02. The van der Waals surface area contributed by atoms with Crippen molar-refractivity contribution in [3.8, 4) is 0 Å². The van der Waals surface area contributed by atoms with E-state index in [1.807, 2.05) is 45.2 Å². The fourth-order valence-electron chi connectivity index (χ4n) is 1.54. The summed E-state index contributed by atoms with van der Waals surface area (Å²) in [4.78, 5) is 2.14. The van der Waals surface area contributed by atoms with E-state index >= 15 is 0 Å². The number of nitrogens with zero attached hydrogens (tertiary/aromatic N) is 1. The van der Waals surface area contributed by atoms with Gasteiger partial charge in [-0.15, -0.1) is 0 Å². The Morgan fingerprint density at radius 2 is 2.24 bits per heavy atom. The molecule has 3 heteroatoms. The summed E-state index contributed by atoms with van der Waals surface area (Å²) in [6.07, 6.45) is 2.05. The van der Waals surface area contributed by atoms with Gasteiger partial charge in [-0.3, -0.25) is 0 Å². The first kappa shape index (κ1) is 13.7. The third-order valence-corrected chi connectivity index (χ3v) is 2.61. The van der Waals surface area contributed by atoms with Crippen LogP contribution >= 0.6 is 11.6 Å². The molecule has 0 aliphatic heterocycles. The minimum Gasteiger partial charge on any atom is -0.369 e. The van der Waals surface area contributed by atoms with Crippen molar-refractivity contribution in [3.63, 3.8) is 0 Å². The number of allylic oxidation sites excluding steroid dienone is 2. The highest BCUT2D eigenvalue weighted by Crippen LogP contribution is 2.18. The largest absolute Gasteiger partial charge is 0.369 e. The van der Waals surface area contributed by atoms with Gasteiger partial charge in [-0.05, 0) is 32.0 Å². The van der Waals surface area contributed by atoms with Crippen molar-refractivity contribution in [1.82, 2.24) is 5.32 Å². The molecule has 2 nitrogen and oxygen atoms in total. The van der Waals surface area contributed by atoms with Crippen molar-refractivity contribution in [1.29, 1.82) is 0 Å². The summed E-state index contributed by atoms with van der Waals surface area (Å²) in [5.74, 6) is 0. The molecule has 0 aliphatic carbocycles. The van der Waals surface area contributed by atoms with Crippen LogP contribution in [0.15, 0.2) is 48.3 Å². The zero-order valence-electron chi connectivity index (χ0n) is 10.6. The van der Waals surface area contributed by atoms with Crippen LogP contribution in [0.25, 0.3) is 0 Å². The minimum atomic E-state index is 0.754. The molecule has 0 aromatic heterocycles. The van der Waals surface area contributed by atoms with Gasteiger partial charge in [-0.2, -0.15) is 0 Å². The maximum atomic E-state index is 5.97. The SMILES string of the molecule is C=C(C)N/C(=C\C)CN(C)c1cccc(Cl)c1. The highest BCUT2D eigenvalue weighted by Gasteiger charge is 2.04. The summed E-state index contributed by atoms with van der Waals surface area (Å²) >= 11 is 5.97. The van der Waals surface area contributed by atoms with E-state index in [-0.39, 0.29) is 0 Å². The van der Waals surface area contributed by atoms with E-state index in [1.165, 1.54) is 0 Å². The number of nitrogens with one attached hydrogen (secondary N) is 1. The van der Waals surface area contributed by atoms with Crippen LogP contribution in [0, 0.1) is 0 Å². The molecular weight excluding hydrogens is 232 g/mol. The normalized spacial score (nSPS) is 11.2. The van der Waals surface area contributed by atoms with Crippen molar-refractivity contribution in [2.24, 2.45) is 0 Å². The van der Waals surface area contributed by atoms with Crippen LogP contribution in [-0.2, 0) is 0 Å². The van der Waals surface area contributed by atoms with Crippen LogP contribution in [0.1, 0.15) is 13.8 Å². The van der Waals surface area contributed by atoms with Crippen molar-refractivity contribution in [2.75, 3.05) is 18.5 Å². The molecule has 0 aliphatic rings. The van der Waals surface area contributed by atoms with E-state index < -0.39 is 0 Å². The number of anilines is 1. The molecular formula is C14H19ClN2. The Morgan fingerprint density at radius 3 is 2.76 bits per heavy atom. The van der Waals surface area contributed by atoms with Crippen LogP contribution in [0.4, 0.5) is 5.69 Å². The predicted octanol–water partition coefficient (Wildman–Crippen LogP) is 3.80. The zero-order chi connectivity index (χ0) is 12.8. The number of hydrogen-bond donors (Lipinski definition) is 1. The van der Waals surface area contributed by atoms with Crippen LogP contribution in [-0.4, -0.2) is 13.6 Å². The maximum Gasteiger partial charge on any atom is 0.0573 e. The second kappa shape index (κ2) is 6.36. The maximum absolute atomic E-state index is 5.97. The lowest BCUT2D eigenvalue weighted by Gasteiger charge is -2.22. The summed E-state index contributed by atoms with van der Waals surface area (Å²) in [6, 6.07) is 7.83. The topological polar surface area (TPSA) is 15.3 Å². The molecule has 1 aromatic rings. The average molecular weight is 251 g/mol. The second-order valence-corrected chi connectivity index (χ2v) is 4.49. The molecule has 92 valence electrons. The second-order valence-electron chi connectivity index (χ2n) is 4.06. The Morgan fingerprint density at radius 1 is 1.53 bits per heavy atom.